The van der Waals surface area contributed by atoms with Crippen molar-refractivity contribution in [2.75, 3.05) is 7.11 Å². The van der Waals surface area contributed by atoms with Crippen LogP contribution in [0.2, 0.25) is 0 Å². The van der Waals surface area contributed by atoms with Gasteiger partial charge < -0.3 is 4.74 Å². The number of ether oxygens (including phenoxy) is 1. The van der Waals surface area contributed by atoms with Gasteiger partial charge >= 0.3 is 5.97 Å². The van der Waals surface area contributed by atoms with Crippen LogP contribution in [-0.2, 0) is 9.53 Å². The Kier molecular flexibility index (Phi) is 3.18. The first-order valence-electron chi connectivity index (χ1n) is 8.15. The molecule has 3 saturated carbocycles. The highest BCUT2D eigenvalue weighted by atomic mass is 16.5. The van der Waals surface area contributed by atoms with Gasteiger partial charge in [0.2, 0.25) is 0 Å². The first kappa shape index (κ1) is 13.5. The van der Waals surface area contributed by atoms with Crippen molar-refractivity contribution in [1.29, 1.82) is 0 Å². The van der Waals surface area contributed by atoms with Gasteiger partial charge in [-0.25, -0.2) is 0 Å². The molecule has 19 heavy (non-hydrogen) atoms. The summed E-state index contributed by atoms with van der Waals surface area (Å²) in [5.41, 5.74) is -0.184. The van der Waals surface area contributed by atoms with Crippen LogP contribution in [0.15, 0.2) is 0 Å². The predicted octanol–water partition coefficient (Wildman–Crippen LogP) is 3.89. The van der Waals surface area contributed by atoms with Crippen molar-refractivity contribution in [3.05, 3.63) is 0 Å². The van der Waals surface area contributed by atoms with Crippen LogP contribution < -0.4 is 0 Å². The lowest BCUT2D eigenvalue weighted by atomic mass is 9.63. The van der Waals surface area contributed by atoms with E-state index in [1.807, 2.05) is 0 Å². The molecule has 0 aromatic carbocycles. The Morgan fingerprint density at radius 2 is 1.79 bits per heavy atom. The molecule has 0 spiro atoms. The Balaban J connectivity index is 1.90. The molecular formula is C17H28O2. The third-order valence-electron chi connectivity index (χ3n) is 6.91. The van der Waals surface area contributed by atoms with Crippen LogP contribution in [0.3, 0.4) is 0 Å². The quantitative estimate of drug-likeness (QED) is 0.723. The first-order chi connectivity index (χ1) is 9.06. The van der Waals surface area contributed by atoms with Crippen molar-refractivity contribution in [2.24, 2.45) is 40.9 Å². The number of hydrogen-bond acceptors (Lipinski definition) is 2. The number of esters is 1. The number of methoxy groups -OCH3 is 1. The van der Waals surface area contributed by atoms with Crippen molar-refractivity contribution in [2.45, 2.75) is 52.9 Å². The van der Waals surface area contributed by atoms with Gasteiger partial charge in [0.25, 0.3) is 0 Å². The van der Waals surface area contributed by atoms with E-state index < -0.39 is 0 Å². The van der Waals surface area contributed by atoms with E-state index in [4.69, 9.17) is 4.74 Å². The zero-order valence-corrected chi connectivity index (χ0v) is 12.8. The van der Waals surface area contributed by atoms with Gasteiger partial charge in [-0.05, 0) is 61.7 Å². The molecule has 0 radical (unpaired) electrons. The lowest BCUT2D eigenvalue weighted by Gasteiger charge is -2.40. The highest BCUT2D eigenvalue weighted by molar-refractivity contribution is 5.77. The van der Waals surface area contributed by atoms with E-state index in [9.17, 15) is 4.79 Å². The minimum atomic E-state index is -0.184. The van der Waals surface area contributed by atoms with Gasteiger partial charge in [-0.2, -0.15) is 0 Å². The molecule has 3 aliphatic rings. The lowest BCUT2D eigenvalue weighted by Crippen LogP contribution is -2.42. The normalized spacial score (nSPS) is 51.4. The van der Waals surface area contributed by atoms with E-state index in [1.165, 1.54) is 25.7 Å². The molecule has 0 heterocycles. The predicted molar refractivity (Wildman–Crippen MR) is 75.5 cm³/mol. The summed E-state index contributed by atoms with van der Waals surface area (Å²) in [5.74, 6) is 4.93. The van der Waals surface area contributed by atoms with E-state index >= 15 is 0 Å². The molecule has 2 nitrogen and oxygen atoms in total. The SMILES string of the molecule is CCC1CC(CC)C2C1C1CC2C(C)(C(=O)OC)C1. The Bertz CT molecular complexity index is 377. The van der Waals surface area contributed by atoms with Crippen molar-refractivity contribution < 1.29 is 9.53 Å². The molecule has 0 saturated heterocycles. The van der Waals surface area contributed by atoms with E-state index in [2.05, 4.69) is 20.8 Å². The molecule has 2 heteroatoms. The fraction of sp³-hybridized carbons (Fsp3) is 0.941. The summed E-state index contributed by atoms with van der Waals surface area (Å²) >= 11 is 0. The second kappa shape index (κ2) is 4.49. The number of rotatable bonds is 3. The van der Waals surface area contributed by atoms with Crippen LogP contribution in [0.1, 0.15) is 52.9 Å². The molecule has 0 amide bonds. The van der Waals surface area contributed by atoms with Crippen LogP contribution in [0, 0.1) is 40.9 Å². The van der Waals surface area contributed by atoms with Crippen molar-refractivity contribution in [1.82, 2.24) is 0 Å². The minimum Gasteiger partial charge on any atom is -0.469 e. The maximum Gasteiger partial charge on any atom is 0.311 e. The topological polar surface area (TPSA) is 26.3 Å². The fourth-order valence-corrected chi connectivity index (χ4v) is 6.21. The Morgan fingerprint density at radius 1 is 1.16 bits per heavy atom. The third kappa shape index (κ3) is 1.64. The second-order valence-corrected chi connectivity index (χ2v) is 7.44. The van der Waals surface area contributed by atoms with Crippen LogP contribution in [-0.4, -0.2) is 13.1 Å². The average molecular weight is 264 g/mol. The Morgan fingerprint density at radius 3 is 2.37 bits per heavy atom. The summed E-state index contributed by atoms with van der Waals surface area (Å²) in [6, 6.07) is 0. The zero-order valence-electron chi connectivity index (χ0n) is 12.8. The van der Waals surface area contributed by atoms with Crippen LogP contribution >= 0.6 is 0 Å². The Labute approximate surface area is 117 Å². The number of carbonyl (C=O) groups is 1. The van der Waals surface area contributed by atoms with E-state index in [0.29, 0.717) is 5.92 Å². The molecule has 3 rings (SSSR count). The van der Waals surface area contributed by atoms with E-state index in [1.54, 1.807) is 7.11 Å². The van der Waals surface area contributed by atoms with Gasteiger partial charge in [0.05, 0.1) is 12.5 Å². The largest absolute Gasteiger partial charge is 0.469 e. The number of carbonyl (C=O) groups excluding carboxylic acids is 1. The first-order valence-corrected chi connectivity index (χ1v) is 8.15. The van der Waals surface area contributed by atoms with Crippen LogP contribution in [0.4, 0.5) is 0 Å². The van der Waals surface area contributed by atoms with Crippen LogP contribution in [0.5, 0.6) is 0 Å². The fourth-order valence-electron chi connectivity index (χ4n) is 6.21. The molecule has 3 aliphatic carbocycles. The monoisotopic (exact) mass is 264 g/mol. The summed E-state index contributed by atoms with van der Waals surface area (Å²) in [7, 11) is 1.55. The smallest absolute Gasteiger partial charge is 0.311 e. The average Bonchev–Trinajstić information content (AvgIpc) is 3.05. The second-order valence-electron chi connectivity index (χ2n) is 7.44. The molecule has 108 valence electrons. The standard InChI is InChI=1S/C17H28O2/c1-5-10-7-11(6-2)15-13-8-12(14(10)15)9-17(13,3)16(18)19-4/h10-15H,5-9H2,1-4H3. The van der Waals surface area contributed by atoms with Gasteiger partial charge in [-0.1, -0.05) is 26.7 Å². The molecule has 7 unspecified atom stereocenters. The van der Waals surface area contributed by atoms with Gasteiger partial charge in [0.1, 0.15) is 0 Å². The van der Waals surface area contributed by atoms with Gasteiger partial charge in [-0.15, -0.1) is 0 Å². The highest BCUT2D eigenvalue weighted by Crippen LogP contribution is 2.69. The summed E-state index contributed by atoms with van der Waals surface area (Å²) in [6.07, 6.45) is 6.40. The summed E-state index contributed by atoms with van der Waals surface area (Å²) in [6.45, 7) is 6.86. The zero-order chi connectivity index (χ0) is 13.8. The van der Waals surface area contributed by atoms with Gasteiger partial charge in [-0.3, -0.25) is 4.79 Å². The molecule has 0 aliphatic heterocycles. The lowest BCUT2D eigenvalue weighted by molar-refractivity contribution is -0.157. The van der Waals surface area contributed by atoms with E-state index in [-0.39, 0.29) is 11.4 Å². The Hall–Kier alpha value is -0.530. The number of fused-ring (bicyclic) bond motifs is 5. The maximum atomic E-state index is 12.2. The highest BCUT2D eigenvalue weighted by Gasteiger charge is 2.65. The third-order valence-corrected chi connectivity index (χ3v) is 6.91. The summed E-state index contributed by atoms with van der Waals surface area (Å²) in [5, 5.41) is 0. The number of hydrogen-bond donors (Lipinski definition) is 0. The summed E-state index contributed by atoms with van der Waals surface area (Å²) < 4.78 is 5.12. The van der Waals surface area contributed by atoms with Crippen LogP contribution in [0.25, 0.3) is 0 Å². The summed E-state index contributed by atoms with van der Waals surface area (Å²) in [4.78, 5) is 12.2. The molecule has 0 aromatic rings. The molecular weight excluding hydrogens is 236 g/mol. The minimum absolute atomic E-state index is 0.0493. The maximum absolute atomic E-state index is 12.2. The molecule has 3 fully saturated rings. The van der Waals surface area contributed by atoms with E-state index in [0.717, 1.165) is 36.0 Å². The van der Waals surface area contributed by atoms with Gasteiger partial charge in [0, 0.05) is 0 Å². The van der Waals surface area contributed by atoms with Crippen molar-refractivity contribution in [3.8, 4) is 0 Å². The van der Waals surface area contributed by atoms with Crippen molar-refractivity contribution >= 4 is 5.97 Å². The molecule has 0 aromatic heterocycles. The molecule has 7 atom stereocenters. The molecule has 2 bridgehead atoms. The van der Waals surface area contributed by atoms with Crippen molar-refractivity contribution in [3.63, 3.8) is 0 Å². The molecule has 0 N–H and O–H groups in total. The van der Waals surface area contributed by atoms with Gasteiger partial charge in [0.15, 0.2) is 0 Å².